The van der Waals surface area contributed by atoms with Crippen LogP contribution in [0.4, 0.5) is 14.4 Å². The summed E-state index contributed by atoms with van der Waals surface area (Å²) >= 11 is 0. The van der Waals surface area contributed by atoms with Crippen LogP contribution in [0.2, 0.25) is 0 Å². The number of hydrogen-bond donors (Lipinski definition) is 1. The summed E-state index contributed by atoms with van der Waals surface area (Å²) in [6, 6.07) is 16.8. The number of nitrogens with zero attached hydrogens (tertiary/aromatic N) is 2. The largest absolute Gasteiger partial charge is 0.444 e. The normalized spacial score (nSPS) is 15.6. The Morgan fingerprint density at radius 3 is 2.06 bits per heavy atom. The number of nitrogens with one attached hydrogen (secondary N) is 1. The number of ether oxygens (including phenoxy) is 3. The van der Waals surface area contributed by atoms with Gasteiger partial charge >= 0.3 is 18.3 Å². The van der Waals surface area contributed by atoms with E-state index >= 15 is 0 Å². The van der Waals surface area contributed by atoms with Crippen LogP contribution in [0.25, 0.3) is 0 Å². The Morgan fingerprint density at radius 2 is 1.50 bits per heavy atom. The molecule has 1 fully saturated rings. The molecule has 1 aliphatic heterocycles. The van der Waals surface area contributed by atoms with Crippen molar-refractivity contribution in [2.45, 2.75) is 52.0 Å². The molecule has 0 spiro atoms. The highest BCUT2D eigenvalue weighted by atomic mass is 16.6. The van der Waals surface area contributed by atoms with E-state index in [1.165, 1.54) is 4.90 Å². The van der Waals surface area contributed by atoms with Crippen molar-refractivity contribution in [2.75, 3.05) is 13.1 Å². The molecule has 1 N–H and O–H groups in total. The first-order valence-corrected chi connectivity index (χ1v) is 11.6. The second-order valence-corrected chi connectivity index (χ2v) is 9.24. The molecule has 0 bridgehead atoms. The van der Waals surface area contributed by atoms with Crippen LogP contribution in [0, 0.1) is 0 Å². The summed E-state index contributed by atoms with van der Waals surface area (Å²) in [6.07, 6.45) is -2.55. The van der Waals surface area contributed by atoms with Crippen molar-refractivity contribution in [3.8, 4) is 0 Å². The molecular formula is C26H31N3O7. The third kappa shape index (κ3) is 8.00. The first-order chi connectivity index (χ1) is 17.1. The monoisotopic (exact) mass is 497 g/mol. The predicted molar refractivity (Wildman–Crippen MR) is 129 cm³/mol. The number of amides is 3. The van der Waals surface area contributed by atoms with E-state index in [1.807, 2.05) is 12.1 Å². The second-order valence-electron chi connectivity index (χ2n) is 9.24. The van der Waals surface area contributed by atoms with Gasteiger partial charge in [0.05, 0.1) is 6.54 Å². The van der Waals surface area contributed by atoms with Crippen LogP contribution in [-0.2, 0) is 32.2 Å². The van der Waals surface area contributed by atoms with Crippen molar-refractivity contribution in [3.05, 3.63) is 71.8 Å². The first kappa shape index (κ1) is 26.5. The molecule has 3 rings (SSSR count). The van der Waals surface area contributed by atoms with E-state index in [2.05, 4.69) is 5.43 Å². The molecule has 1 atom stereocenters. The highest BCUT2D eigenvalue weighted by Crippen LogP contribution is 2.17. The molecule has 10 nitrogen and oxygen atoms in total. The molecule has 0 aromatic heterocycles. The summed E-state index contributed by atoms with van der Waals surface area (Å²) in [4.78, 5) is 52.3. The van der Waals surface area contributed by atoms with E-state index in [0.717, 1.165) is 16.1 Å². The van der Waals surface area contributed by atoms with Gasteiger partial charge in [0.1, 0.15) is 24.9 Å². The molecule has 192 valence electrons. The van der Waals surface area contributed by atoms with E-state index in [9.17, 15) is 19.2 Å². The zero-order valence-electron chi connectivity index (χ0n) is 20.6. The number of carbonyl (C=O) groups is 4. The Hall–Kier alpha value is -4.08. The number of rotatable bonds is 5. The lowest BCUT2D eigenvalue weighted by Crippen LogP contribution is -2.61. The molecule has 1 aliphatic rings. The summed E-state index contributed by atoms with van der Waals surface area (Å²) < 4.78 is 16.0. The Labute approximate surface area is 210 Å². The van der Waals surface area contributed by atoms with Crippen LogP contribution in [-0.4, -0.2) is 58.7 Å². The lowest BCUT2D eigenvalue weighted by molar-refractivity contribution is -0.128. The van der Waals surface area contributed by atoms with Crippen molar-refractivity contribution >= 4 is 24.1 Å². The summed E-state index contributed by atoms with van der Waals surface area (Å²) in [7, 11) is 0. The van der Waals surface area contributed by atoms with E-state index in [4.69, 9.17) is 14.2 Å². The third-order valence-corrected chi connectivity index (χ3v) is 5.18. The fourth-order valence-corrected chi connectivity index (χ4v) is 3.42. The molecule has 10 heteroatoms. The van der Waals surface area contributed by atoms with E-state index in [1.54, 1.807) is 69.3 Å². The number of carbonyl (C=O) groups excluding carboxylic acids is 4. The first-order valence-electron chi connectivity index (χ1n) is 11.6. The van der Waals surface area contributed by atoms with Crippen molar-refractivity contribution in [3.63, 3.8) is 0 Å². The Kier molecular flexibility index (Phi) is 8.88. The minimum absolute atomic E-state index is 0.0207. The number of ketones is 1. The molecular weight excluding hydrogens is 466 g/mol. The molecule has 2 aromatic carbocycles. The zero-order valence-corrected chi connectivity index (χ0v) is 20.6. The van der Waals surface area contributed by atoms with E-state index in [-0.39, 0.29) is 38.5 Å². The molecule has 0 unspecified atom stereocenters. The number of hydrazine groups is 1. The Morgan fingerprint density at radius 1 is 0.944 bits per heavy atom. The predicted octanol–water partition coefficient (Wildman–Crippen LogP) is 4.05. The fraction of sp³-hybridized carbons (Fsp3) is 0.385. The molecule has 0 radical (unpaired) electrons. The van der Waals surface area contributed by atoms with Crippen LogP contribution >= 0.6 is 0 Å². The van der Waals surface area contributed by atoms with Gasteiger partial charge < -0.3 is 19.1 Å². The van der Waals surface area contributed by atoms with Gasteiger partial charge in [0.2, 0.25) is 0 Å². The Balaban J connectivity index is 1.73. The molecule has 1 saturated heterocycles. The lowest BCUT2D eigenvalue weighted by atomic mass is 10.0. The van der Waals surface area contributed by atoms with Crippen molar-refractivity contribution in [1.82, 2.24) is 15.3 Å². The second kappa shape index (κ2) is 12.1. The summed E-state index contributed by atoms with van der Waals surface area (Å²) in [5.41, 5.74) is 3.07. The molecule has 0 aliphatic carbocycles. The number of Topliss-reactive ketones (excluding diaryl/α,β-unsaturated/α-hetero) is 1. The topological polar surface area (TPSA) is 114 Å². The van der Waals surface area contributed by atoms with E-state index in [0.29, 0.717) is 0 Å². The van der Waals surface area contributed by atoms with Gasteiger partial charge in [0.15, 0.2) is 5.78 Å². The number of hydrogen-bond acceptors (Lipinski definition) is 7. The standard InChI is InChI=1S/C26H31N3O7/c1-26(2,3)36-24(32)28-15-14-22(30)21(16-28)29(25(33)35-18-20-12-8-5-9-13-20)27-23(31)34-17-19-10-6-4-7-11-19/h4-13,21H,14-18H2,1-3H3,(H,27,31)/t21-/m1/s1. The fourth-order valence-electron chi connectivity index (χ4n) is 3.42. The van der Waals surface area contributed by atoms with Gasteiger partial charge in [0.25, 0.3) is 0 Å². The maximum absolute atomic E-state index is 13.0. The highest BCUT2D eigenvalue weighted by molar-refractivity contribution is 5.90. The van der Waals surface area contributed by atoms with Gasteiger partial charge in [0, 0.05) is 13.0 Å². The Bertz CT molecular complexity index is 1050. The van der Waals surface area contributed by atoms with Crippen LogP contribution in [0.15, 0.2) is 60.7 Å². The summed E-state index contributed by atoms with van der Waals surface area (Å²) in [6.45, 7) is 5.04. The van der Waals surface area contributed by atoms with Crippen LogP contribution in [0.1, 0.15) is 38.3 Å². The quantitative estimate of drug-likeness (QED) is 0.490. The number of likely N-dealkylation sites (tertiary alicyclic amines) is 1. The minimum atomic E-state index is -1.18. The van der Waals surface area contributed by atoms with Crippen LogP contribution in [0.5, 0.6) is 0 Å². The molecule has 3 amide bonds. The summed E-state index contributed by atoms with van der Waals surface area (Å²) in [5, 5.41) is 0.787. The number of piperidine rings is 1. The van der Waals surface area contributed by atoms with Crippen LogP contribution in [0.3, 0.4) is 0 Å². The lowest BCUT2D eigenvalue weighted by Gasteiger charge is -2.37. The van der Waals surface area contributed by atoms with Gasteiger partial charge in [-0.2, -0.15) is 0 Å². The van der Waals surface area contributed by atoms with Crippen molar-refractivity contribution < 1.29 is 33.4 Å². The van der Waals surface area contributed by atoms with Gasteiger partial charge in [-0.1, -0.05) is 60.7 Å². The maximum atomic E-state index is 13.0. The SMILES string of the molecule is CC(C)(C)OC(=O)N1CCC(=O)[C@H](N(NC(=O)OCc2ccccc2)C(=O)OCc2ccccc2)C1. The van der Waals surface area contributed by atoms with Crippen molar-refractivity contribution in [2.24, 2.45) is 0 Å². The summed E-state index contributed by atoms with van der Waals surface area (Å²) in [5.74, 6) is -0.338. The molecule has 2 aromatic rings. The smallest absolute Gasteiger partial charge is 0.429 e. The average molecular weight is 498 g/mol. The van der Waals surface area contributed by atoms with E-state index < -0.39 is 29.9 Å². The minimum Gasteiger partial charge on any atom is -0.444 e. The number of benzene rings is 2. The molecule has 0 saturated carbocycles. The van der Waals surface area contributed by atoms with Gasteiger partial charge in [-0.05, 0) is 31.9 Å². The highest BCUT2D eigenvalue weighted by Gasteiger charge is 2.39. The third-order valence-electron chi connectivity index (χ3n) is 5.18. The molecule has 1 heterocycles. The van der Waals surface area contributed by atoms with Gasteiger partial charge in [-0.15, -0.1) is 0 Å². The maximum Gasteiger partial charge on any atom is 0.429 e. The van der Waals surface area contributed by atoms with Crippen molar-refractivity contribution in [1.29, 1.82) is 0 Å². The molecule has 36 heavy (non-hydrogen) atoms. The van der Waals surface area contributed by atoms with Gasteiger partial charge in [-0.25, -0.2) is 24.8 Å². The average Bonchev–Trinajstić information content (AvgIpc) is 2.85. The van der Waals surface area contributed by atoms with Gasteiger partial charge in [-0.3, -0.25) is 4.79 Å². The van der Waals surface area contributed by atoms with Crippen LogP contribution < -0.4 is 5.43 Å². The zero-order chi connectivity index (χ0) is 26.1.